The Morgan fingerprint density at radius 1 is 1.22 bits per heavy atom. The van der Waals surface area contributed by atoms with Crippen molar-refractivity contribution >= 4 is 11.6 Å². The number of rotatable bonds is 3. The molecule has 3 rings (SSSR count). The summed E-state index contributed by atoms with van der Waals surface area (Å²) in [6, 6.07) is 6.70. The van der Waals surface area contributed by atoms with Crippen molar-refractivity contribution in [1.82, 2.24) is 5.32 Å². The van der Waals surface area contributed by atoms with E-state index in [1.807, 2.05) is 6.07 Å². The lowest BCUT2D eigenvalue weighted by Crippen LogP contribution is -2.41. The zero-order valence-corrected chi connectivity index (χ0v) is 11.1. The Morgan fingerprint density at radius 3 is 2.94 bits per heavy atom. The second kappa shape index (κ2) is 5.57. The van der Waals surface area contributed by atoms with Gasteiger partial charge in [0.1, 0.15) is 0 Å². The van der Waals surface area contributed by atoms with Gasteiger partial charge in [-0.25, -0.2) is 0 Å². The summed E-state index contributed by atoms with van der Waals surface area (Å²) >= 11 is 6.01. The standard InChI is InChI=1S/C14H18ClNO2/c15-12-2-1-10-6-13(7-11(10)5-12)16-8-14-9-17-3-4-18-14/h1-2,5,13-14,16H,3-4,6-9H2. The lowest BCUT2D eigenvalue weighted by atomic mass is 10.1. The minimum atomic E-state index is 0.200. The van der Waals surface area contributed by atoms with Crippen LogP contribution in [0.25, 0.3) is 0 Å². The van der Waals surface area contributed by atoms with E-state index in [-0.39, 0.29) is 6.10 Å². The van der Waals surface area contributed by atoms with E-state index in [9.17, 15) is 0 Å². The van der Waals surface area contributed by atoms with Gasteiger partial charge in [0.15, 0.2) is 0 Å². The molecule has 18 heavy (non-hydrogen) atoms. The van der Waals surface area contributed by atoms with E-state index < -0.39 is 0 Å². The Kier molecular flexibility index (Phi) is 3.85. The summed E-state index contributed by atoms with van der Waals surface area (Å²) in [4.78, 5) is 0. The molecule has 0 spiro atoms. The summed E-state index contributed by atoms with van der Waals surface area (Å²) in [6.07, 6.45) is 2.34. The van der Waals surface area contributed by atoms with Crippen molar-refractivity contribution in [3.8, 4) is 0 Å². The third-order valence-electron chi connectivity index (χ3n) is 3.62. The number of nitrogens with one attached hydrogen (secondary N) is 1. The molecular formula is C14H18ClNO2. The molecule has 1 aromatic rings. The highest BCUT2D eigenvalue weighted by atomic mass is 35.5. The molecule has 0 bridgehead atoms. The molecule has 2 aliphatic rings. The average molecular weight is 268 g/mol. The highest BCUT2D eigenvalue weighted by Crippen LogP contribution is 2.25. The fourth-order valence-electron chi connectivity index (χ4n) is 2.68. The van der Waals surface area contributed by atoms with Crippen LogP contribution < -0.4 is 5.32 Å². The van der Waals surface area contributed by atoms with Crippen LogP contribution in [0.5, 0.6) is 0 Å². The van der Waals surface area contributed by atoms with E-state index in [0.29, 0.717) is 19.3 Å². The zero-order valence-electron chi connectivity index (χ0n) is 10.3. The normalized spacial score (nSPS) is 27.2. The molecule has 3 nitrogen and oxygen atoms in total. The van der Waals surface area contributed by atoms with Crippen molar-refractivity contribution in [1.29, 1.82) is 0 Å². The molecular weight excluding hydrogens is 250 g/mol. The van der Waals surface area contributed by atoms with Crippen LogP contribution in [-0.2, 0) is 22.3 Å². The van der Waals surface area contributed by atoms with Crippen LogP contribution in [0, 0.1) is 0 Å². The summed E-state index contributed by atoms with van der Waals surface area (Å²) < 4.78 is 11.0. The molecule has 0 saturated carbocycles. The second-order valence-corrected chi connectivity index (χ2v) is 5.43. The molecule has 0 amide bonds. The molecule has 1 fully saturated rings. The summed E-state index contributed by atoms with van der Waals surface area (Å²) in [6.45, 7) is 3.02. The van der Waals surface area contributed by atoms with Crippen LogP contribution >= 0.6 is 11.6 Å². The molecule has 98 valence electrons. The summed E-state index contributed by atoms with van der Waals surface area (Å²) in [5.74, 6) is 0. The first-order valence-electron chi connectivity index (χ1n) is 6.51. The number of benzene rings is 1. The van der Waals surface area contributed by atoms with Crippen molar-refractivity contribution in [2.45, 2.75) is 25.0 Å². The molecule has 1 N–H and O–H groups in total. The number of fused-ring (bicyclic) bond motifs is 1. The first-order chi connectivity index (χ1) is 8.81. The number of hydrogen-bond acceptors (Lipinski definition) is 3. The maximum absolute atomic E-state index is 6.01. The van der Waals surface area contributed by atoms with Crippen molar-refractivity contribution in [3.05, 3.63) is 34.3 Å². The predicted octanol–water partition coefficient (Wildman–Crippen LogP) is 1.81. The van der Waals surface area contributed by atoms with Gasteiger partial charge in [-0.1, -0.05) is 17.7 Å². The van der Waals surface area contributed by atoms with Crippen molar-refractivity contribution in [2.24, 2.45) is 0 Å². The third-order valence-corrected chi connectivity index (χ3v) is 3.86. The topological polar surface area (TPSA) is 30.5 Å². The fourth-order valence-corrected chi connectivity index (χ4v) is 2.88. The van der Waals surface area contributed by atoms with Crippen molar-refractivity contribution in [3.63, 3.8) is 0 Å². The SMILES string of the molecule is Clc1ccc2c(c1)CC(NCC1COCCO1)C2. The van der Waals surface area contributed by atoms with E-state index >= 15 is 0 Å². The molecule has 2 unspecified atom stereocenters. The smallest absolute Gasteiger partial charge is 0.0933 e. The summed E-state index contributed by atoms with van der Waals surface area (Å²) in [7, 11) is 0. The third kappa shape index (κ3) is 2.86. The fraction of sp³-hybridized carbons (Fsp3) is 0.571. The van der Waals surface area contributed by atoms with Crippen molar-refractivity contribution in [2.75, 3.05) is 26.4 Å². The highest BCUT2D eigenvalue weighted by Gasteiger charge is 2.23. The van der Waals surface area contributed by atoms with E-state index in [4.69, 9.17) is 21.1 Å². The van der Waals surface area contributed by atoms with Gasteiger partial charge >= 0.3 is 0 Å². The van der Waals surface area contributed by atoms with E-state index in [1.54, 1.807) is 0 Å². The molecule has 0 aromatic heterocycles. The lowest BCUT2D eigenvalue weighted by molar-refractivity contribution is -0.0870. The minimum absolute atomic E-state index is 0.200. The van der Waals surface area contributed by atoms with Gasteiger partial charge in [0.2, 0.25) is 0 Å². The molecule has 1 aromatic carbocycles. The van der Waals surface area contributed by atoms with Gasteiger partial charge in [0.05, 0.1) is 25.9 Å². The van der Waals surface area contributed by atoms with Crippen LogP contribution in [0.15, 0.2) is 18.2 Å². The maximum Gasteiger partial charge on any atom is 0.0933 e. The van der Waals surface area contributed by atoms with Crippen LogP contribution in [0.2, 0.25) is 5.02 Å². The quantitative estimate of drug-likeness (QED) is 0.906. The first-order valence-corrected chi connectivity index (χ1v) is 6.89. The number of halogens is 1. The van der Waals surface area contributed by atoms with Gasteiger partial charge in [0.25, 0.3) is 0 Å². The van der Waals surface area contributed by atoms with Gasteiger partial charge in [0, 0.05) is 17.6 Å². The Labute approximate surface area is 112 Å². The summed E-state index contributed by atoms with van der Waals surface area (Å²) in [5, 5.41) is 4.40. The maximum atomic E-state index is 6.01. The lowest BCUT2D eigenvalue weighted by Gasteiger charge is -2.24. The van der Waals surface area contributed by atoms with E-state index in [2.05, 4.69) is 17.4 Å². The summed E-state index contributed by atoms with van der Waals surface area (Å²) in [5.41, 5.74) is 2.79. The molecule has 4 heteroatoms. The predicted molar refractivity (Wildman–Crippen MR) is 71.2 cm³/mol. The Hall–Kier alpha value is -0.610. The molecule has 1 heterocycles. The van der Waals surface area contributed by atoms with Gasteiger partial charge < -0.3 is 14.8 Å². The van der Waals surface area contributed by atoms with Crippen LogP contribution in [0.3, 0.4) is 0 Å². The van der Waals surface area contributed by atoms with Gasteiger partial charge in [-0.3, -0.25) is 0 Å². The number of ether oxygens (including phenoxy) is 2. The second-order valence-electron chi connectivity index (χ2n) is 4.99. The average Bonchev–Trinajstić information content (AvgIpc) is 2.79. The minimum Gasteiger partial charge on any atom is -0.376 e. The Balaban J connectivity index is 1.51. The molecule has 1 aliphatic heterocycles. The van der Waals surface area contributed by atoms with Crippen molar-refractivity contribution < 1.29 is 9.47 Å². The van der Waals surface area contributed by atoms with Crippen LogP contribution in [0.1, 0.15) is 11.1 Å². The highest BCUT2D eigenvalue weighted by molar-refractivity contribution is 6.30. The number of hydrogen-bond donors (Lipinski definition) is 1. The molecule has 1 aliphatic carbocycles. The van der Waals surface area contributed by atoms with Gasteiger partial charge in [-0.2, -0.15) is 0 Å². The zero-order chi connectivity index (χ0) is 12.4. The Bertz CT molecular complexity index is 418. The Morgan fingerprint density at radius 2 is 2.11 bits per heavy atom. The first kappa shape index (κ1) is 12.4. The van der Waals surface area contributed by atoms with E-state index in [0.717, 1.165) is 31.0 Å². The molecule has 0 radical (unpaired) electrons. The largest absolute Gasteiger partial charge is 0.376 e. The van der Waals surface area contributed by atoms with Gasteiger partial charge in [-0.15, -0.1) is 0 Å². The molecule has 1 saturated heterocycles. The molecule has 2 atom stereocenters. The van der Waals surface area contributed by atoms with E-state index in [1.165, 1.54) is 11.1 Å². The monoisotopic (exact) mass is 267 g/mol. The van der Waals surface area contributed by atoms with Gasteiger partial charge in [-0.05, 0) is 36.1 Å². The van der Waals surface area contributed by atoms with Crippen LogP contribution in [0.4, 0.5) is 0 Å². The van der Waals surface area contributed by atoms with Crippen LogP contribution in [-0.4, -0.2) is 38.5 Å².